The number of aromatic nitrogens is 3. The van der Waals surface area contributed by atoms with E-state index in [0.29, 0.717) is 23.1 Å². The first-order valence-electron chi connectivity index (χ1n) is 12.9. The molecule has 0 N–H and O–H groups in total. The van der Waals surface area contributed by atoms with Crippen molar-refractivity contribution >= 4 is 22.8 Å². The predicted molar refractivity (Wildman–Crippen MR) is 151 cm³/mol. The van der Waals surface area contributed by atoms with Crippen LogP contribution in [0.5, 0.6) is 11.5 Å². The number of aliphatic imine (C=N–C) groups is 1. The zero-order valence-corrected chi connectivity index (χ0v) is 23.3. The minimum Gasteiger partial charge on any atom is -0.497 e. The highest BCUT2D eigenvalue weighted by Gasteiger charge is 2.35. The Morgan fingerprint density at radius 1 is 1.03 bits per heavy atom. The highest BCUT2D eigenvalue weighted by atomic mass is 16.5. The third kappa shape index (κ3) is 5.38. The highest BCUT2D eigenvalue weighted by Crippen LogP contribution is 2.34. The smallest absolute Gasteiger partial charge is 0.204 e. The number of aryl methyl sites for hydroxylation is 1. The van der Waals surface area contributed by atoms with E-state index in [1.807, 2.05) is 18.2 Å². The largest absolute Gasteiger partial charge is 0.497 e. The van der Waals surface area contributed by atoms with Crippen LogP contribution >= 0.6 is 0 Å². The van der Waals surface area contributed by atoms with Crippen molar-refractivity contribution in [1.82, 2.24) is 14.9 Å². The summed E-state index contributed by atoms with van der Waals surface area (Å²) in [7, 11) is 3.26. The first kappa shape index (κ1) is 26.4. The Balaban J connectivity index is 1.78. The Bertz CT molecular complexity index is 1330. The van der Waals surface area contributed by atoms with Gasteiger partial charge in [-0.1, -0.05) is 34.1 Å². The lowest BCUT2D eigenvalue weighted by Gasteiger charge is -2.23. The lowest BCUT2D eigenvalue weighted by Crippen LogP contribution is -2.27. The molecule has 8 heteroatoms. The van der Waals surface area contributed by atoms with Gasteiger partial charge >= 0.3 is 0 Å². The molecule has 3 aromatic rings. The van der Waals surface area contributed by atoms with Gasteiger partial charge in [-0.3, -0.25) is 0 Å². The summed E-state index contributed by atoms with van der Waals surface area (Å²) < 4.78 is 11.0. The van der Waals surface area contributed by atoms with Gasteiger partial charge < -0.3 is 14.4 Å². The standard InChI is InChI=1S/C29H38N6O2/c1-9-11-16-34(10-2)20-12-14-23(19(3)17-20)30-25-26(29(4,5)6)32-35-28(25)31-27(33-35)22-18-21(36-7)13-15-24(22)37-8/h12-15,17-18H,9-11,16H2,1-8H3/b30-25-. The van der Waals surface area contributed by atoms with Crippen molar-refractivity contribution in [2.24, 2.45) is 15.5 Å². The van der Waals surface area contributed by atoms with Gasteiger partial charge in [-0.05, 0) is 62.2 Å². The van der Waals surface area contributed by atoms with E-state index in [2.05, 4.69) is 64.6 Å². The molecule has 0 amide bonds. The molecule has 37 heavy (non-hydrogen) atoms. The summed E-state index contributed by atoms with van der Waals surface area (Å²) in [6, 6.07) is 12.0. The topological polar surface area (TPSA) is 77.1 Å². The number of ether oxygens (including phenoxy) is 2. The van der Waals surface area contributed by atoms with Crippen molar-refractivity contribution in [3.63, 3.8) is 0 Å². The van der Waals surface area contributed by atoms with E-state index >= 15 is 0 Å². The molecular weight excluding hydrogens is 464 g/mol. The maximum atomic E-state index is 5.56. The quantitative estimate of drug-likeness (QED) is 0.344. The van der Waals surface area contributed by atoms with Crippen molar-refractivity contribution in [2.75, 3.05) is 32.2 Å². The zero-order valence-electron chi connectivity index (χ0n) is 23.3. The third-order valence-corrected chi connectivity index (χ3v) is 6.52. The number of fused-ring (bicyclic) bond motifs is 1. The number of methoxy groups -OCH3 is 2. The van der Waals surface area contributed by atoms with Crippen LogP contribution in [0.2, 0.25) is 0 Å². The second kappa shape index (κ2) is 10.7. The Hall–Kier alpha value is -3.68. The molecule has 0 saturated heterocycles. The fraction of sp³-hybridized carbons (Fsp3) is 0.448. The molecule has 0 unspecified atom stereocenters. The van der Waals surface area contributed by atoms with Crippen LogP contribution in [-0.2, 0) is 0 Å². The van der Waals surface area contributed by atoms with E-state index in [1.54, 1.807) is 19.0 Å². The van der Waals surface area contributed by atoms with Gasteiger partial charge in [-0.15, -0.1) is 9.89 Å². The molecule has 8 nitrogen and oxygen atoms in total. The van der Waals surface area contributed by atoms with Crippen molar-refractivity contribution in [3.05, 3.63) is 47.8 Å². The van der Waals surface area contributed by atoms with Crippen molar-refractivity contribution < 1.29 is 9.47 Å². The Morgan fingerprint density at radius 3 is 2.43 bits per heavy atom. The van der Waals surface area contributed by atoms with Crippen LogP contribution in [0, 0.1) is 12.3 Å². The summed E-state index contributed by atoms with van der Waals surface area (Å²) in [6.07, 6.45) is 2.36. The van der Waals surface area contributed by atoms with Gasteiger partial charge in [0.2, 0.25) is 5.82 Å². The molecule has 1 aliphatic rings. The molecule has 2 heterocycles. The summed E-state index contributed by atoms with van der Waals surface area (Å²) in [5.74, 6) is 2.50. The Morgan fingerprint density at radius 2 is 1.81 bits per heavy atom. The molecule has 0 fully saturated rings. The molecule has 0 aliphatic carbocycles. The molecule has 0 atom stereocenters. The maximum Gasteiger partial charge on any atom is 0.204 e. The average molecular weight is 503 g/mol. The van der Waals surface area contributed by atoms with Gasteiger partial charge in [0, 0.05) is 24.2 Å². The number of rotatable bonds is 9. The van der Waals surface area contributed by atoms with Gasteiger partial charge in [0.1, 0.15) is 17.2 Å². The SMILES string of the molecule is CCCCN(CC)c1ccc(/N=C2/C(C(C)(C)C)=Nn3nc(-c4cc(OC)ccc4OC)nc32)c(C)c1. The highest BCUT2D eigenvalue weighted by molar-refractivity contribution is 6.50. The number of hydrogen-bond donors (Lipinski definition) is 0. The number of anilines is 1. The van der Waals surface area contributed by atoms with Crippen LogP contribution in [0.25, 0.3) is 11.4 Å². The normalized spacial score (nSPS) is 14.1. The van der Waals surface area contributed by atoms with E-state index in [0.717, 1.165) is 41.3 Å². The number of nitrogens with zero attached hydrogens (tertiary/aromatic N) is 6. The van der Waals surface area contributed by atoms with Crippen molar-refractivity contribution in [1.29, 1.82) is 0 Å². The van der Waals surface area contributed by atoms with Crippen molar-refractivity contribution in [2.45, 2.75) is 54.4 Å². The fourth-order valence-corrected chi connectivity index (χ4v) is 4.38. The van der Waals surface area contributed by atoms with E-state index in [4.69, 9.17) is 29.7 Å². The van der Waals surface area contributed by atoms with E-state index < -0.39 is 0 Å². The van der Waals surface area contributed by atoms with Crippen LogP contribution in [0.1, 0.15) is 58.8 Å². The van der Waals surface area contributed by atoms with Gasteiger partial charge in [-0.25, -0.2) is 9.98 Å². The molecule has 0 bridgehead atoms. The third-order valence-electron chi connectivity index (χ3n) is 6.52. The maximum absolute atomic E-state index is 5.56. The molecule has 0 saturated carbocycles. The van der Waals surface area contributed by atoms with Crippen LogP contribution in [0.3, 0.4) is 0 Å². The first-order valence-corrected chi connectivity index (χ1v) is 12.9. The Kier molecular flexibility index (Phi) is 7.66. The second-order valence-electron chi connectivity index (χ2n) is 10.3. The summed E-state index contributed by atoms with van der Waals surface area (Å²) in [5.41, 5.74) is 5.34. The van der Waals surface area contributed by atoms with Crippen LogP contribution in [0.15, 0.2) is 46.5 Å². The molecule has 2 aromatic carbocycles. The summed E-state index contributed by atoms with van der Waals surface area (Å²) >= 11 is 0. The number of hydrogen-bond acceptors (Lipinski definition) is 7. The van der Waals surface area contributed by atoms with Crippen LogP contribution < -0.4 is 14.4 Å². The van der Waals surface area contributed by atoms with E-state index in [1.165, 1.54) is 18.5 Å². The first-order chi connectivity index (χ1) is 17.7. The average Bonchev–Trinajstić information content (AvgIpc) is 3.44. The minimum atomic E-state index is -0.234. The molecular formula is C29H38N6O2. The van der Waals surface area contributed by atoms with Crippen LogP contribution in [-0.4, -0.2) is 53.6 Å². The van der Waals surface area contributed by atoms with Crippen molar-refractivity contribution in [3.8, 4) is 22.9 Å². The number of benzene rings is 2. The van der Waals surface area contributed by atoms with Gasteiger partial charge in [-0.2, -0.15) is 5.10 Å². The van der Waals surface area contributed by atoms with Gasteiger partial charge in [0.25, 0.3) is 0 Å². The lowest BCUT2D eigenvalue weighted by molar-refractivity contribution is 0.404. The molecule has 4 rings (SSSR count). The fourth-order valence-electron chi connectivity index (χ4n) is 4.38. The molecule has 196 valence electrons. The molecule has 1 aromatic heterocycles. The van der Waals surface area contributed by atoms with E-state index in [9.17, 15) is 0 Å². The molecule has 1 aliphatic heterocycles. The predicted octanol–water partition coefficient (Wildman–Crippen LogP) is 6.28. The molecule has 0 spiro atoms. The van der Waals surface area contributed by atoms with Gasteiger partial charge in [0.15, 0.2) is 5.82 Å². The zero-order chi connectivity index (χ0) is 26.7. The lowest BCUT2D eigenvalue weighted by atomic mass is 9.87. The second-order valence-corrected chi connectivity index (χ2v) is 10.3. The van der Waals surface area contributed by atoms with Crippen LogP contribution in [0.4, 0.5) is 11.4 Å². The monoisotopic (exact) mass is 502 g/mol. The Labute approximate surface area is 220 Å². The summed E-state index contributed by atoms with van der Waals surface area (Å²) in [5, 5.41) is 9.51. The van der Waals surface area contributed by atoms with E-state index in [-0.39, 0.29) is 5.41 Å². The van der Waals surface area contributed by atoms with Gasteiger partial charge in [0.05, 0.1) is 31.2 Å². The minimum absolute atomic E-state index is 0.234. The summed E-state index contributed by atoms with van der Waals surface area (Å²) in [4.78, 5) is 14.0. The number of unbranched alkanes of at least 4 members (excludes halogenated alkanes) is 1. The summed E-state index contributed by atoms with van der Waals surface area (Å²) in [6.45, 7) is 15.0. The molecule has 0 radical (unpaired) electrons.